The van der Waals surface area contributed by atoms with E-state index in [1.165, 1.54) is 0 Å². The van der Waals surface area contributed by atoms with Crippen LogP contribution in [0.15, 0.2) is 72.0 Å². The summed E-state index contributed by atoms with van der Waals surface area (Å²) in [6, 6.07) is 18.7. The van der Waals surface area contributed by atoms with Crippen LogP contribution in [0.5, 0.6) is 0 Å². The Bertz CT molecular complexity index is 1470. The second-order valence-electron chi connectivity index (χ2n) is 9.75. The van der Waals surface area contributed by atoms with Gasteiger partial charge in [-0.25, -0.2) is 14.4 Å². The molecule has 4 aromatic rings. The fourth-order valence-corrected chi connectivity index (χ4v) is 5.49. The van der Waals surface area contributed by atoms with Crippen molar-refractivity contribution in [2.24, 2.45) is 4.99 Å². The largest absolute Gasteiger partial charge is 0.353 e. The molecule has 0 spiro atoms. The Balaban J connectivity index is 1.49. The summed E-state index contributed by atoms with van der Waals surface area (Å²) in [5.74, 6) is 0.931. The molecule has 6 nitrogen and oxygen atoms in total. The third kappa shape index (κ3) is 4.87. The van der Waals surface area contributed by atoms with Gasteiger partial charge in [-0.1, -0.05) is 42.5 Å². The highest BCUT2D eigenvalue weighted by Gasteiger charge is 2.34. The van der Waals surface area contributed by atoms with E-state index in [4.69, 9.17) is 9.97 Å². The highest BCUT2D eigenvalue weighted by molar-refractivity contribution is 5.98. The minimum atomic E-state index is -0.399. The Morgan fingerprint density at radius 2 is 1.78 bits per heavy atom. The van der Waals surface area contributed by atoms with E-state index in [0.29, 0.717) is 29.9 Å². The smallest absolute Gasteiger partial charge is 0.150 e. The molecular formula is C30H29FN6. The van der Waals surface area contributed by atoms with Gasteiger partial charge in [0, 0.05) is 57.2 Å². The van der Waals surface area contributed by atoms with E-state index in [2.05, 4.69) is 20.2 Å². The molecule has 2 fully saturated rings. The van der Waals surface area contributed by atoms with E-state index in [1.54, 1.807) is 31.7 Å². The molecular weight excluding hydrogens is 463 g/mol. The van der Waals surface area contributed by atoms with Gasteiger partial charge in [-0.05, 0) is 52.9 Å². The number of aromatic nitrogens is 3. The minimum absolute atomic E-state index is 0.276. The first kappa shape index (κ1) is 23.4. The van der Waals surface area contributed by atoms with E-state index >= 15 is 4.39 Å². The van der Waals surface area contributed by atoms with Crippen LogP contribution in [-0.2, 0) is 6.42 Å². The van der Waals surface area contributed by atoms with Crippen LogP contribution in [0.1, 0.15) is 41.1 Å². The van der Waals surface area contributed by atoms with Crippen molar-refractivity contribution in [3.63, 3.8) is 0 Å². The zero-order chi connectivity index (χ0) is 25.2. The molecule has 4 heterocycles. The minimum Gasteiger partial charge on any atom is -0.353 e. The molecule has 2 aliphatic rings. The number of piperazine rings is 1. The lowest BCUT2D eigenvalue weighted by Crippen LogP contribution is -2.51. The Morgan fingerprint density at radius 1 is 1.03 bits per heavy atom. The Labute approximate surface area is 216 Å². The zero-order valence-electron chi connectivity index (χ0n) is 20.8. The van der Waals surface area contributed by atoms with Crippen LogP contribution in [0.3, 0.4) is 0 Å². The summed E-state index contributed by atoms with van der Waals surface area (Å²) in [6.45, 7) is 1.67. The molecule has 186 valence electrons. The van der Waals surface area contributed by atoms with Crippen LogP contribution in [0, 0.1) is 0 Å². The number of fused-ring (bicyclic) bond motifs is 3. The van der Waals surface area contributed by atoms with Gasteiger partial charge < -0.3 is 10.2 Å². The van der Waals surface area contributed by atoms with Gasteiger partial charge in [0.25, 0.3) is 0 Å². The molecule has 6 rings (SSSR count). The number of pyridine rings is 1. The van der Waals surface area contributed by atoms with Crippen LogP contribution < -0.4 is 10.2 Å². The number of aliphatic imine (C=N–C) groups is 1. The average Bonchev–Trinajstić information content (AvgIpc) is 3.27. The number of halogens is 1. The van der Waals surface area contributed by atoms with Crippen LogP contribution in [0.25, 0.3) is 22.7 Å². The van der Waals surface area contributed by atoms with E-state index in [0.717, 1.165) is 53.6 Å². The fourth-order valence-electron chi connectivity index (χ4n) is 5.49. The van der Waals surface area contributed by atoms with Crippen molar-refractivity contribution in [3.8, 4) is 0 Å². The monoisotopic (exact) mass is 492 g/mol. The molecule has 2 atom stereocenters. The highest BCUT2D eigenvalue weighted by atomic mass is 19.1. The van der Waals surface area contributed by atoms with Crippen molar-refractivity contribution in [1.82, 2.24) is 20.3 Å². The summed E-state index contributed by atoms with van der Waals surface area (Å²) >= 11 is 0. The molecule has 37 heavy (non-hydrogen) atoms. The van der Waals surface area contributed by atoms with Crippen LogP contribution in [0.2, 0.25) is 0 Å². The molecule has 2 bridgehead atoms. The molecule has 0 aliphatic carbocycles. The number of anilines is 1. The van der Waals surface area contributed by atoms with Crippen molar-refractivity contribution in [2.45, 2.75) is 31.3 Å². The van der Waals surface area contributed by atoms with Crippen LogP contribution in [0.4, 0.5) is 10.2 Å². The lowest BCUT2D eigenvalue weighted by atomic mass is 10.0. The first-order chi connectivity index (χ1) is 18.2. The van der Waals surface area contributed by atoms with Gasteiger partial charge in [0.05, 0.1) is 5.56 Å². The number of nitrogens with one attached hydrogen (secondary N) is 1. The Kier molecular flexibility index (Phi) is 6.45. The van der Waals surface area contributed by atoms with E-state index in [9.17, 15) is 0 Å². The quantitative estimate of drug-likeness (QED) is 0.381. The number of nitrogens with zero attached hydrogens (tertiary/aromatic N) is 5. The SMILES string of the molecule is CN=Cc1c(/C(F)=C/c2cccc3ccccc23)nc(Cc2ccncc2)nc1N1CC2CCC(C1)N2. The first-order valence-electron chi connectivity index (χ1n) is 12.8. The van der Waals surface area contributed by atoms with Crippen molar-refractivity contribution in [3.05, 3.63) is 95.2 Å². The molecule has 0 amide bonds. The van der Waals surface area contributed by atoms with Gasteiger partial charge in [0.15, 0.2) is 0 Å². The maximum Gasteiger partial charge on any atom is 0.150 e. The first-order valence-corrected chi connectivity index (χ1v) is 12.8. The summed E-state index contributed by atoms with van der Waals surface area (Å²) in [6.07, 6.45) is 9.58. The third-order valence-corrected chi connectivity index (χ3v) is 7.19. The van der Waals surface area contributed by atoms with Gasteiger partial charge in [-0.15, -0.1) is 0 Å². The molecule has 1 N–H and O–H groups in total. The fraction of sp³-hybridized carbons (Fsp3) is 0.267. The normalized spacial score (nSPS) is 19.7. The average molecular weight is 493 g/mol. The zero-order valence-corrected chi connectivity index (χ0v) is 20.8. The second-order valence-corrected chi connectivity index (χ2v) is 9.75. The number of hydrogen-bond acceptors (Lipinski definition) is 6. The summed E-state index contributed by atoms with van der Waals surface area (Å²) < 4.78 is 16.2. The molecule has 7 heteroatoms. The van der Waals surface area contributed by atoms with Crippen molar-refractivity contribution in [2.75, 3.05) is 25.0 Å². The Hall–Kier alpha value is -3.97. The van der Waals surface area contributed by atoms with Gasteiger partial charge in [-0.2, -0.15) is 0 Å². The molecule has 2 unspecified atom stereocenters. The van der Waals surface area contributed by atoms with Crippen molar-refractivity contribution < 1.29 is 4.39 Å². The number of rotatable bonds is 6. The van der Waals surface area contributed by atoms with Crippen LogP contribution >= 0.6 is 0 Å². The predicted molar refractivity (Wildman–Crippen MR) is 148 cm³/mol. The van der Waals surface area contributed by atoms with Gasteiger partial charge in [-0.3, -0.25) is 9.98 Å². The summed E-state index contributed by atoms with van der Waals surface area (Å²) in [7, 11) is 1.70. The van der Waals surface area contributed by atoms with E-state index < -0.39 is 5.83 Å². The predicted octanol–water partition coefficient (Wildman–Crippen LogP) is 5.07. The maximum absolute atomic E-state index is 16.2. The van der Waals surface area contributed by atoms with Gasteiger partial charge in [0.1, 0.15) is 23.2 Å². The van der Waals surface area contributed by atoms with E-state index in [-0.39, 0.29) is 5.69 Å². The summed E-state index contributed by atoms with van der Waals surface area (Å²) in [5.41, 5.74) is 2.74. The maximum atomic E-state index is 16.2. The Morgan fingerprint density at radius 3 is 2.57 bits per heavy atom. The van der Waals surface area contributed by atoms with Crippen molar-refractivity contribution >= 4 is 34.7 Å². The summed E-state index contributed by atoms with van der Waals surface area (Å²) in [4.78, 5) is 20.4. The topological polar surface area (TPSA) is 66.3 Å². The van der Waals surface area contributed by atoms with Crippen LogP contribution in [-0.4, -0.2) is 53.4 Å². The molecule has 2 saturated heterocycles. The molecule has 2 aromatic heterocycles. The molecule has 0 radical (unpaired) electrons. The van der Waals surface area contributed by atoms with Crippen molar-refractivity contribution in [1.29, 1.82) is 0 Å². The highest BCUT2D eigenvalue weighted by Crippen LogP contribution is 2.32. The second kappa shape index (κ2) is 10.2. The number of hydrogen-bond donors (Lipinski definition) is 1. The number of benzene rings is 2. The lowest BCUT2D eigenvalue weighted by Gasteiger charge is -2.35. The lowest BCUT2D eigenvalue weighted by molar-refractivity contribution is 0.463. The van der Waals surface area contributed by atoms with E-state index in [1.807, 2.05) is 54.6 Å². The standard InChI is InChI=1S/C30H29FN6/c1-32-17-26-29(27(31)16-22-7-4-6-21-5-2-3-8-25(21)22)35-28(15-20-11-13-33-14-12-20)36-30(26)37-18-23-9-10-24(19-37)34-23/h2-8,11-14,16-17,23-24,34H,9-10,15,18-19H2,1H3/b27-16-,32-17?. The third-order valence-electron chi connectivity index (χ3n) is 7.19. The van der Waals surface area contributed by atoms with Gasteiger partial charge >= 0.3 is 0 Å². The molecule has 2 aromatic carbocycles. The summed E-state index contributed by atoms with van der Waals surface area (Å²) in [5, 5.41) is 5.74. The van der Waals surface area contributed by atoms with Gasteiger partial charge in [0.2, 0.25) is 0 Å². The molecule has 0 saturated carbocycles. The molecule has 2 aliphatic heterocycles.